The third kappa shape index (κ3) is 2.84. The van der Waals surface area contributed by atoms with Gasteiger partial charge in [-0.05, 0) is 43.0 Å². The van der Waals surface area contributed by atoms with Crippen LogP contribution in [0.2, 0.25) is 5.02 Å². The second-order valence-corrected chi connectivity index (χ2v) is 5.65. The summed E-state index contributed by atoms with van der Waals surface area (Å²) in [6.07, 6.45) is 1.10. The van der Waals surface area contributed by atoms with E-state index < -0.39 is 0 Å². The van der Waals surface area contributed by atoms with Gasteiger partial charge in [-0.2, -0.15) is 0 Å². The zero-order valence-electron chi connectivity index (χ0n) is 12.0. The Morgan fingerprint density at radius 2 is 2.05 bits per heavy atom. The van der Waals surface area contributed by atoms with Gasteiger partial charge in [-0.3, -0.25) is 4.98 Å². The maximum atomic E-state index is 6.22. The monoisotopic (exact) mass is 276 g/mol. The number of hydrogen-bond donors (Lipinski definition) is 1. The summed E-state index contributed by atoms with van der Waals surface area (Å²) in [6, 6.07) is 6.17. The molecule has 0 radical (unpaired) electrons. The third-order valence-corrected chi connectivity index (χ3v) is 3.75. The summed E-state index contributed by atoms with van der Waals surface area (Å²) in [5.74, 6) is 0.407. The van der Waals surface area contributed by atoms with E-state index in [0.29, 0.717) is 5.92 Å². The number of aromatic nitrogens is 1. The first-order valence-corrected chi connectivity index (χ1v) is 7.26. The molecule has 1 aromatic heterocycles. The Bertz CT molecular complexity index is 591. The molecule has 2 rings (SSSR count). The van der Waals surface area contributed by atoms with Gasteiger partial charge in [-0.25, -0.2) is 0 Å². The molecule has 0 bridgehead atoms. The summed E-state index contributed by atoms with van der Waals surface area (Å²) in [5, 5.41) is 5.43. The lowest BCUT2D eigenvalue weighted by molar-refractivity contribution is 0.829. The average Bonchev–Trinajstić information content (AvgIpc) is 2.40. The van der Waals surface area contributed by atoms with E-state index in [9.17, 15) is 0 Å². The Hall–Kier alpha value is -1.28. The lowest BCUT2D eigenvalue weighted by Gasteiger charge is -2.15. The first-order chi connectivity index (χ1) is 9.04. The number of benzene rings is 1. The number of nitrogens with one attached hydrogen (secondary N) is 1. The third-order valence-electron chi connectivity index (χ3n) is 3.35. The molecule has 19 heavy (non-hydrogen) atoms. The first kappa shape index (κ1) is 14.1. The minimum atomic E-state index is 0.407. The number of rotatable bonds is 4. The topological polar surface area (TPSA) is 24.9 Å². The van der Waals surface area contributed by atoms with E-state index in [1.807, 2.05) is 13.0 Å². The highest BCUT2D eigenvalue weighted by atomic mass is 35.5. The summed E-state index contributed by atoms with van der Waals surface area (Å²) in [6.45, 7) is 9.50. The molecule has 0 atom stereocenters. The number of fused-ring (bicyclic) bond motifs is 1. The van der Waals surface area contributed by atoms with E-state index >= 15 is 0 Å². The van der Waals surface area contributed by atoms with Gasteiger partial charge in [0.05, 0.1) is 5.52 Å². The maximum absolute atomic E-state index is 6.22. The van der Waals surface area contributed by atoms with Crippen molar-refractivity contribution >= 4 is 28.2 Å². The Labute approximate surface area is 120 Å². The summed E-state index contributed by atoms with van der Waals surface area (Å²) < 4.78 is 0. The van der Waals surface area contributed by atoms with Crippen LogP contribution in [0.5, 0.6) is 0 Å². The van der Waals surface area contributed by atoms with E-state index in [4.69, 9.17) is 16.6 Å². The molecule has 1 heterocycles. The molecule has 0 spiro atoms. The molecule has 0 saturated heterocycles. The molecule has 102 valence electrons. The van der Waals surface area contributed by atoms with Crippen LogP contribution in [0, 0.1) is 6.92 Å². The average molecular weight is 277 g/mol. The van der Waals surface area contributed by atoms with Crippen LogP contribution in [0.1, 0.15) is 44.4 Å². The predicted octanol–water partition coefficient (Wildman–Crippen LogP) is 5.14. The molecular formula is C16H21ClN2. The van der Waals surface area contributed by atoms with Crippen molar-refractivity contribution in [3.05, 3.63) is 34.5 Å². The fourth-order valence-electron chi connectivity index (χ4n) is 2.13. The Kier molecular flexibility index (Phi) is 4.31. The van der Waals surface area contributed by atoms with Crippen molar-refractivity contribution in [2.75, 3.05) is 11.9 Å². The van der Waals surface area contributed by atoms with Gasteiger partial charge in [-0.1, -0.05) is 32.4 Å². The Morgan fingerprint density at radius 3 is 2.68 bits per heavy atom. The van der Waals surface area contributed by atoms with Crippen molar-refractivity contribution in [2.24, 2.45) is 0 Å². The van der Waals surface area contributed by atoms with Crippen LogP contribution in [0.15, 0.2) is 18.2 Å². The second kappa shape index (κ2) is 5.79. The number of anilines is 1. The van der Waals surface area contributed by atoms with Crippen molar-refractivity contribution in [1.29, 1.82) is 0 Å². The maximum Gasteiger partial charge on any atom is 0.0770 e. The molecule has 0 aliphatic rings. The predicted molar refractivity (Wildman–Crippen MR) is 84.4 cm³/mol. The van der Waals surface area contributed by atoms with Gasteiger partial charge in [-0.15, -0.1) is 0 Å². The van der Waals surface area contributed by atoms with Crippen LogP contribution < -0.4 is 5.32 Å². The largest absolute Gasteiger partial charge is 0.384 e. The highest BCUT2D eigenvalue weighted by Crippen LogP contribution is 2.31. The van der Waals surface area contributed by atoms with Crippen LogP contribution in [-0.2, 0) is 0 Å². The van der Waals surface area contributed by atoms with Crippen LogP contribution in [0.25, 0.3) is 10.9 Å². The molecule has 0 saturated carbocycles. The van der Waals surface area contributed by atoms with Crippen LogP contribution in [0.3, 0.4) is 0 Å². The Balaban J connectivity index is 2.67. The zero-order valence-corrected chi connectivity index (χ0v) is 12.8. The molecule has 0 aliphatic carbocycles. The standard InChI is InChI=1S/C16H21ClN2/c1-5-8-18-15-9-14(10(2)3)19-16-11(4)13(17)7-6-12(15)16/h6-7,9-10H,5,8H2,1-4H3,(H,18,19). The quantitative estimate of drug-likeness (QED) is 0.836. The summed E-state index contributed by atoms with van der Waals surface area (Å²) in [4.78, 5) is 4.78. The normalized spacial score (nSPS) is 11.3. The van der Waals surface area contributed by atoms with Gasteiger partial charge in [0.2, 0.25) is 0 Å². The van der Waals surface area contributed by atoms with Crippen molar-refractivity contribution in [3.63, 3.8) is 0 Å². The van der Waals surface area contributed by atoms with E-state index in [0.717, 1.165) is 45.8 Å². The number of aryl methyl sites for hydroxylation is 1. The minimum absolute atomic E-state index is 0.407. The zero-order chi connectivity index (χ0) is 14.0. The van der Waals surface area contributed by atoms with Gasteiger partial charge < -0.3 is 5.32 Å². The second-order valence-electron chi connectivity index (χ2n) is 5.24. The first-order valence-electron chi connectivity index (χ1n) is 6.88. The fourth-order valence-corrected chi connectivity index (χ4v) is 2.28. The molecular weight excluding hydrogens is 256 g/mol. The molecule has 2 nitrogen and oxygen atoms in total. The van der Waals surface area contributed by atoms with Crippen molar-refractivity contribution in [3.8, 4) is 0 Å². The molecule has 0 aliphatic heterocycles. The fraction of sp³-hybridized carbons (Fsp3) is 0.438. The summed E-state index contributed by atoms with van der Waals surface area (Å²) >= 11 is 6.22. The van der Waals surface area contributed by atoms with E-state index in [-0.39, 0.29) is 0 Å². The smallest absolute Gasteiger partial charge is 0.0770 e. The number of hydrogen-bond acceptors (Lipinski definition) is 2. The van der Waals surface area contributed by atoms with E-state index in [1.165, 1.54) is 0 Å². The van der Waals surface area contributed by atoms with Gasteiger partial charge in [0, 0.05) is 28.3 Å². The van der Waals surface area contributed by atoms with Crippen molar-refractivity contribution in [1.82, 2.24) is 4.98 Å². The number of halogens is 1. The molecule has 0 unspecified atom stereocenters. The molecule has 3 heteroatoms. The van der Waals surface area contributed by atoms with Crippen LogP contribution >= 0.6 is 11.6 Å². The molecule has 2 aromatic rings. The van der Waals surface area contributed by atoms with Gasteiger partial charge in [0.25, 0.3) is 0 Å². The number of nitrogens with zero attached hydrogens (tertiary/aromatic N) is 1. The molecule has 0 amide bonds. The summed E-state index contributed by atoms with van der Waals surface area (Å²) in [5.41, 5.74) is 4.34. The molecule has 1 N–H and O–H groups in total. The van der Waals surface area contributed by atoms with Gasteiger partial charge >= 0.3 is 0 Å². The lowest BCUT2D eigenvalue weighted by atomic mass is 10.0. The van der Waals surface area contributed by atoms with Gasteiger partial charge in [0.15, 0.2) is 0 Å². The summed E-state index contributed by atoms with van der Waals surface area (Å²) in [7, 11) is 0. The van der Waals surface area contributed by atoms with Crippen molar-refractivity contribution < 1.29 is 0 Å². The highest BCUT2D eigenvalue weighted by Gasteiger charge is 2.11. The minimum Gasteiger partial charge on any atom is -0.384 e. The van der Waals surface area contributed by atoms with Crippen LogP contribution in [0.4, 0.5) is 5.69 Å². The van der Waals surface area contributed by atoms with Crippen LogP contribution in [-0.4, -0.2) is 11.5 Å². The number of pyridine rings is 1. The van der Waals surface area contributed by atoms with Gasteiger partial charge in [0.1, 0.15) is 0 Å². The Morgan fingerprint density at radius 1 is 1.32 bits per heavy atom. The molecule has 1 aromatic carbocycles. The molecule has 0 fully saturated rings. The van der Waals surface area contributed by atoms with E-state index in [1.54, 1.807) is 0 Å². The lowest BCUT2D eigenvalue weighted by Crippen LogP contribution is -2.04. The SMILES string of the molecule is CCCNc1cc(C(C)C)nc2c(C)c(Cl)ccc12. The highest BCUT2D eigenvalue weighted by molar-refractivity contribution is 6.32. The van der Waals surface area contributed by atoms with Crippen molar-refractivity contribution in [2.45, 2.75) is 40.0 Å². The van der Waals surface area contributed by atoms with E-state index in [2.05, 4.69) is 38.2 Å².